The number of aryl methyl sites for hydroxylation is 2. The molecule has 8 heteroatoms. The van der Waals surface area contributed by atoms with Crippen molar-refractivity contribution in [2.75, 3.05) is 12.4 Å². The molecule has 0 unspecified atom stereocenters. The molecule has 0 saturated carbocycles. The Morgan fingerprint density at radius 2 is 1.87 bits per heavy atom. The summed E-state index contributed by atoms with van der Waals surface area (Å²) < 4.78 is 7.15. The highest BCUT2D eigenvalue weighted by Crippen LogP contribution is 2.29. The highest BCUT2D eigenvalue weighted by atomic mass is 32.1. The van der Waals surface area contributed by atoms with Crippen LogP contribution in [-0.2, 0) is 11.3 Å². The molecule has 0 saturated heterocycles. The van der Waals surface area contributed by atoms with E-state index in [9.17, 15) is 9.59 Å². The molecule has 7 nitrogen and oxygen atoms in total. The number of amides is 1. The third-order valence-corrected chi connectivity index (χ3v) is 5.58. The van der Waals surface area contributed by atoms with Gasteiger partial charge in [0.1, 0.15) is 18.0 Å². The van der Waals surface area contributed by atoms with Gasteiger partial charge in [0.15, 0.2) is 5.52 Å². The lowest BCUT2D eigenvalue weighted by Gasteiger charge is -2.11. The van der Waals surface area contributed by atoms with Gasteiger partial charge in [-0.15, -0.1) is 11.3 Å². The number of nitrogens with one attached hydrogen (secondary N) is 1. The van der Waals surface area contributed by atoms with Crippen LogP contribution in [0.15, 0.2) is 53.3 Å². The van der Waals surface area contributed by atoms with Crippen LogP contribution in [0.5, 0.6) is 5.75 Å². The predicted octanol–water partition coefficient (Wildman–Crippen LogP) is 3.78. The molecule has 4 rings (SSSR count). The zero-order chi connectivity index (χ0) is 21.3. The second-order valence-corrected chi connectivity index (χ2v) is 8.04. The number of methoxy groups -OCH3 is 1. The molecule has 0 spiro atoms. The lowest BCUT2D eigenvalue weighted by Crippen LogP contribution is -2.30. The van der Waals surface area contributed by atoms with Crippen molar-refractivity contribution in [2.24, 2.45) is 0 Å². The van der Waals surface area contributed by atoms with E-state index >= 15 is 0 Å². The van der Waals surface area contributed by atoms with Gasteiger partial charge in [-0.05, 0) is 26.0 Å². The maximum Gasteiger partial charge on any atom is 0.294 e. The highest BCUT2D eigenvalue weighted by molar-refractivity contribution is 7.19. The van der Waals surface area contributed by atoms with E-state index in [1.807, 2.05) is 44.2 Å². The molecular formula is C22H20N4O3S. The number of nitrogens with zero attached hydrogens (tertiary/aromatic N) is 3. The maximum absolute atomic E-state index is 12.9. The van der Waals surface area contributed by atoms with Crippen LogP contribution in [0.4, 0.5) is 5.69 Å². The van der Waals surface area contributed by atoms with Crippen LogP contribution >= 0.6 is 11.3 Å². The van der Waals surface area contributed by atoms with Crippen LogP contribution in [0.1, 0.15) is 10.6 Å². The zero-order valence-electron chi connectivity index (χ0n) is 16.8. The summed E-state index contributed by atoms with van der Waals surface area (Å²) in [5.41, 5.74) is 3.10. The molecule has 0 atom stereocenters. The summed E-state index contributed by atoms with van der Waals surface area (Å²) in [5, 5.41) is 8.07. The van der Waals surface area contributed by atoms with Crippen molar-refractivity contribution in [3.63, 3.8) is 0 Å². The molecule has 2 heterocycles. The van der Waals surface area contributed by atoms with Crippen molar-refractivity contribution in [3.8, 4) is 17.0 Å². The summed E-state index contributed by atoms with van der Waals surface area (Å²) in [6, 6.07) is 15.0. The second kappa shape index (κ2) is 8.08. The zero-order valence-corrected chi connectivity index (χ0v) is 17.6. The molecule has 30 heavy (non-hydrogen) atoms. The SMILES string of the molecule is COc1ccccc1NC(=O)Cn1nc(-c2ccc(C)cc2)c2sc(C)nc2c1=O. The quantitative estimate of drug-likeness (QED) is 0.531. The molecule has 0 radical (unpaired) electrons. The van der Waals surface area contributed by atoms with Crippen molar-refractivity contribution in [1.82, 2.24) is 14.8 Å². The standard InChI is InChI=1S/C22H20N4O3S/c1-13-8-10-15(11-9-13)19-21-20(23-14(2)30-21)22(28)26(25-19)12-18(27)24-16-6-4-5-7-17(16)29-3/h4-11H,12H2,1-3H3,(H,24,27). The van der Waals surface area contributed by atoms with Crippen LogP contribution < -0.4 is 15.6 Å². The van der Waals surface area contributed by atoms with E-state index in [1.165, 1.54) is 23.1 Å². The molecule has 0 aliphatic heterocycles. The molecule has 1 amide bonds. The molecule has 2 aromatic heterocycles. The number of ether oxygens (including phenoxy) is 1. The van der Waals surface area contributed by atoms with Gasteiger partial charge in [0.05, 0.1) is 22.5 Å². The van der Waals surface area contributed by atoms with Crippen molar-refractivity contribution in [2.45, 2.75) is 20.4 Å². The molecule has 4 aromatic rings. The number of anilines is 1. The number of hydrogen-bond donors (Lipinski definition) is 1. The molecule has 0 aliphatic carbocycles. The number of benzene rings is 2. The van der Waals surface area contributed by atoms with E-state index in [4.69, 9.17) is 4.74 Å². The first-order chi connectivity index (χ1) is 14.5. The van der Waals surface area contributed by atoms with Gasteiger partial charge in [-0.3, -0.25) is 9.59 Å². The Morgan fingerprint density at radius 1 is 1.13 bits per heavy atom. The summed E-state index contributed by atoms with van der Waals surface area (Å²) in [6.45, 7) is 3.62. The van der Waals surface area contributed by atoms with E-state index in [1.54, 1.807) is 18.2 Å². The lowest BCUT2D eigenvalue weighted by atomic mass is 10.1. The normalized spacial score (nSPS) is 10.9. The summed E-state index contributed by atoms with van der Waals surface area (Å²) in [6.07, 6.45) is 0. The fourth-order valence-corrected chi connectivity index (χ4v) is 4.06. The third-order valence-electron chi connectivity index (χ3n) is 4.61. The van der Waals surface area contributed by atoms with Gasteiger partial charge in [0, 0.05) is 5.56 Å². The first-order valence-electron chi connectivity index (χ1n) is 9.34. The van der Waals surface area contributed by atoms with Gasteiger partial charge >= 0.3 is 0 Å². The van der Waals surface area contributed by atoms with Crippen molar-refractivity contribution in [1.29, 1.82) is 0 Å². The van der Waals surface area contributed by atoms with Crippen LogP contribution in [0.3, 0.4) is 0 Å². The van der Waals surface area contributed by atoms with Gasteiger partial charge in [-0.1, -0.05) is 42.0 Å². The van der Waals surface area contributed by atoms with Crippen LogP contribution in [0.25, 0.3) is 21.5 Å². The number of fused-ring (bicyclic) bond motifs is 1. The molecular weight excluding hydrogens is 400 g/mol. The molecule has 0 fully saturated rings. The second-order valence-electron chi connectivity index (χ2n) is 6.84. The van der Waals surface area contributed by atoms with E-state index in [-0.39, 0.29) is 18.0 Å². The summed E-state index contributed by atoms with van der Waals surface area (Å²) in [5.74, 6) is 0.160. The summed E-state index contributed by atoms with van der Waals surface area (Å²) >= 11 is 1.42. The first-order valence-corrected chi connectivity index (χ1v) is 10.2. The van der Waals surface area contributed by atoms with Crippen molar-refractivity contribution < 1.29 is 9.53 Å². The van der Waals surface area contributed by atoms with Gasteiger partial charge < -0.3 is 10.1 Å². The Balaban J connectivity index is 1.74. The minimum Gasteiger partial charge on any atom is -0.495 e. The van der Waals surface area contributed by atoms with Crippen molar-refractivity contribution in [3.05, 3.63) is 69.5 Å². The molecule has 152 valence electrons. The average Bonchev–Trinajstić information content (AvgIpc) is 3.13. The largest absolute Gasteiger partial charge is 0.495 e. The number of hydrogen-bond acceptors (Lipinski definition) is 6. The number of aromatic nitrogens is 3. The Bertz CT molecular complexity index is 1290. The predicted molar refractivity (Wildman–Crippen MR) is 118 cm³/mol. The van der Waals surface area contributed by atoms with Crippen molar-refractivity contribution >= 4 is 33.1 Å². The smallest absolute Gasteiger partial charge is 0.294 e. The minimum absolute atomic E-state index is 0.234. The molecule has 2 aromatic carbocycles. The van der Waals surface area contributed by atoms with E-state index in [0.29, 0.717) is 22.6 Å². The highest BCUT2D eigenvalue weighted by Gasteiger charge is 2.18. The van der Waals surface area contributed by atoms with Crippen LogP contribution in [-0.4, -0.2) is 27.8 Å². The fraction of sp³-hybridized carbons (Fsp3) is 0.182. The number of para-hydroxylation sites is 2. The monoisotopic (exact) mass is 420 g/mol. The van der Waals surface area contributed by atoms with Crippen LogP contribution in [0.2, 0.25) is 0 Å². The van der Waals surface area contributed by atoms with Crippen LogP contribution in [0, 0.1) is 13.8 Å². The Labute approximate surface area is 177 Å². The summed E-state index contributed by atoms with van der Waals surface area (Å²) in [4.78, 5) is 30.0. The Hall–Kier alpha value is -3.52. The van der Waals surface area contributed by atoms with E-state index in [2.05, 4.69) is 15.4 Å². The summed E-state index contributed by atoms with van der Waals surface area (Å²) in [7, 11) is 1.53. The topological polar surface area (TPSA) is 86.1 Å². The Kier molecular flexibility index (Phi) is 5.33. The van der Waals surface area contributed by atoms with Gasteiger partial charge in [0.25, 0.3) is 5.56 Å². The number of thiazole rings is 1. The fourth-order valence-electron chi connectivity index (χ4n) is 3.15. The molecule has 1 N–H and O–H groups in total. The average molecular weight is 420 g/mol. The number of rotatable bonds is 5. The van der Waals surface area contributed by atoms with E-state index < -0.39 is 0 Å². The third kappa shape index (κ3) is 3.81. The Morgan fingerprint density at radius 3 is 2.60 bits per heavy atom. The first kappa shape index (κ1) is 19.8. The lowest BCUT2D eigenvalue weighted by molar-refractivity contribution is -0.117. The molecule has 0 aliphatic rings. The number of carbonyl (C=O) groups is 1. The maximum atomic E-state index is 12.9. The van der Waals surface area contributed by atoms with E-state index in [0.717, 1.165) is 20.8 Å². The van der Waals surface area contributed by atoms with Gasteiger partial charge in [-0.25, -0.2) is 9.67 Å². The molecule has 0 bridgehead atoms. The minimum atomic E-state index is -0.389. The number of carbonyl (C=O) groups excluding carboxylic acids is 1. The van der Waals surface area contributed by atoms with Gasteiger partial charge in [0.2, 0.25) is 5.91 Å². The van der Waals surface area contributed by atoms with Gasteiger partial charge in [-0.2, -0.15) is 5.10 Å².